The third-order valence-electron chi connectivity index (χ3n) is 6.34. The predicted molar refractivity (Wildman–Crippen MR) is 134 cm³/mol. The van der Waals surface area contributed by atoms with Crippen LogP contribution in [0.15, 0.2) is 42.5 Å². The number of aromatic amines is 1. The van der Waals surface area contributed by atoms with Crippen molar-refractivity contribution in [1.82, 2.24) is 9.88 Å². The molecule has 0 fully saturated rings. The van der Waals surface area contributed by atoms with Gasteiger partial charge in [0.05, 0.1) is 13.7 Å². The number of hydrogen-bond donors (Lipinski definition) is 1. The van der Waals surface area contributed by atoms with E-state index in [9.17, 15) is 9.59 Å². The lowest BCUT2D eigenvalue weighted by Gasteiger charge is -2.36. The minimum atomic E-state index is -0.408. The van der Waals surface area contributed by atoms with E-state index in [0.29, 0.717) is 36.7 Å². The van der Waals surface area contributed by atoms with E-state index in [0.717, 1.165) is 35.1 Å². The van der Waals surface area contributed by atoms with Crippen molar-refractivity contribution in [3.8, 4) is 5.75 Å². The Hall–Kier alpha value is -3.32. The molecular formula is C27H33N3O4. The van der Waals surface area contributed by atoms with Crippen molar-refractivity contribution in [3.05, 3.63) is 59.3 Å². The zero-order valence-electron chi connectivity index (χ0n) is 20.4. The van der Waals surface area contributed by atoms with Crippen molar-refractivity contribution in [1.29, 1.82) is 0 Å². The number of hydrogen-bond acceptors (Lipinski definition) is 5. The summed E-state index contributed by atoms with van der Waals surface area (Å²) in [5.74, 6) is 0.727. The van der Waals surface area contributed by atoms with Crippen molar-refractivity contribution >= 4 is 28.5 Å². The highest BCUT2D eigenvalue weighted by atomic mass is 16.5. The minimum Gasteiger partial charge on any atom is -0.497 e. The number of methoxy groups -OCH3 is 1. The minimum absolute atomic E-state index is 0.0583. The average Bonchev–Trinajstić information content (AvgIpc) is 3.19. The molecule has 7 nitrogen and oxygen atoms in total. The Balaban J connectivity index is 1.61. The molecular weight excluding hydrogens is 430 g/mol. The molecule has 2 aromatic carbocycles. The Morgan fingerprint density at radius 1 is 1.18 bits per heavy atom. The van der Waals surface area contributed by atoms with Gasteiger partial charge in [-0.15, -0.1) is 0 Å². The first-order valence-corrected chi connectivity index (χ1v) is 11.8. The number of aromatic nitrogens is 1. The monoisotopic (exact) mass is 463 g/mol. The van der Waals surface area contributed by atoms with E-state index in [2.05, 4.69) is 30.0 Å². The van der Waals surface area contributed by atoms with Gasteiger partial charge in [-0.2, -0.15) is 0 Å². The van der Waals surface area contributed by atoms with Gasteiger partial charge in [-0.05, 0) is 75.2 Å². The van der Waals surface area contributed by atoms with Crippen molar-refractivity contribution in [3.63, 3.8) is 0 Å². The summed E-state index contributed by atoms with van der Waals surface area (Å²) in [6.45, 7) is 3.69. The zero-order valence-corrected chi connectivity index (χ0v) is 20.4. The lowest BCUT2D eigenvalue weighted by atomic mass is 9.91. The molecule has 1 amide bonds. The number of ether oxygens (including phenoxy) is 2. The van der Waals surface area contributed by atoms with Crippen molar-refractivity contribution < 1.29 is 19.1 Å². The van der Waals surface area contributed by atoms with Gasteiger partial charge in [-0.1, -0.05) is 18.2 Å². The van der Waals surface area contributed by atoms with Crippen molar-refractivity contribution in [2.45, 2.75) is 26.2 Å². The molecule has 0 spiro atoms. The smallest absolute Gasteiger partial charge is 0.355 e. The van der Waals surface area contributed by atoms with Crippen LogP contribution >= 0.6 is 0 Å². The van der Waals surface area contributed by atoms with Crippen LogP contribution in [0.5, 0.6) is 5.75 Å². The van der Waals surface area contributed by atoms with E-state index in [1.54, 1.807) is 14.0 Å². The van der Waals surface area contributed by atoms with Gasteiger partial charge in [0.25, 0.3) is 0 Å². The van der Waals surface area contributed by atoms with Gasteiger partial charge < -0.3 is 24.3 Å². The molecule has 4 rings (SSSR count). The number of nitrogens with zero attached hydrogens (tertiary/aromatic N) is 2. The second-order valence-electron chi connectivity index (χ2n) is 9.08. The van der Waals surface area contributed by atoms with E-state index in [1.165, 1.54) is 5.56 Å². The van der Waals surface area contributed by atoms with Crippen LogP contribution in [0.4, 0.5) is 5.69 Å². The van der Waals surface area contributed by atoms with Gasteiger partial charge >= 0.3 is 5.97 Å². The van der Waals surface area contributed by atoms with Crippen LogP contribution in [0.1, 0.15) is 35.0 Å². The maximum Gasteiger partial charge on any atom is 0.355 e. The number of carbonyl (C=O) groups is 2. The van der Waals surface area contributed by atoms with E-state index in [-0.39, 0.29) is 12.5 Å². The summed E-state index contributed by atoms with van der Waals surface area (Å²) in [6, 6.07) is 13.8. The quantitative estimate of drug-likeness (QED) is 0.510. The molecule has 0 saturated heterocycles. The van der Waals surface area contributed by atoms with Gasteiger partial charge in [0.15, 0.2) is 0 Å². The van der Waals surface area contributed by atoms with Crippen LogP contribution in [-0.4, -0.2) is 62.7 Å². The molecule has 2 heterocycles. The predicted octanol–water partition coefficient (Wildman–Crippen LogP) is 4.05. The van der Waals surface area contributed by atoms with Crippen LogP contribution in [0.25, 0.3) is 10.9 Å². The van der Waals surface area contributed by atoms with E-state index in [1.807, 2.05) is 41.3 Å². The molecule has 1 aromatic heterocycles. The van der Waals surface area contributed by atoms with Crippen molar-refractivity contribution in [2.75, 3.05) is 45.8 Å². The van der Waals surface area contributed by atoms with Crippen LogP contribution in [0.2, 0.25) is 0 Å². The van der Waals surface area contributed by atoms with Crippen LogP contribution in [0, 0.1) is 5.92 Å². The second kappa shape index (κ2) is 10.3. The van der Waals surface area contributed by atoms with Gasteiger partial charge in [-0.25, -0.2) is 4.79 Å². The topological polar surface area (TPSA) is 74.9 Å². The molecule has 0 saturated carbocycles. The molecule has 7 heteroatoms. The Morgan fingerprint density at radius 2 is 1.97 bits per heavy atom. The highest BCUT2D eigenvalue weighted by Crippen LogP contribution is 2.32. The van der Waals surface area contributed by atoms with Gasteiger partial charge in [0.1, 0.15) is 11.4 Å². The molecule has 0 bridgehead atoms. The first kappa shape index (κ1) is 23.8. The molecule has 34 heavy (non-hydrogen) atoms. The summed E-state index contributed by atoms with van der Waals surface area (Å²) in [6.07, 6.45) is 1.68. The number of anilines is 1. The first-order chi connectivity index (χ1) is 16.4. The maximum absolute atomic E-state index is 13.5. The third-order valence-corrected chi connectivity index (χ3v) is 6.34. The summed E-state index contributed by atoms with van der Waals surface area (Å²) >= 11 is 0. The van der Waals surface area contributed by atoms with Crippen LogP contribution in [-0.2, 0) is 22.4 Å². The Morgan fingerprint density at radius 3 is 2.71 bits per heavy atom. The molecule has 1 aliphatic rings. The molecule has 0 radical (unpaired) electrons. The van der Waals surface area contributed by atoms with Gasteiger partial charge in [-0.3, -0.25) is 4.79 Å². The van der Waals surface area contributed by atoms with E-state index < -0.39 is 5.97 Å². The molecule has 3 aromatic rings. The summed E-state index contributed by atoms with van der Waals surface area (Å²) < 4.78 is 10.7. The lowest BCUT2D eigenvalue weighted by Crippen LogP contribution is -2.43. The number of nitrogens with one attached hydrogen (secondary N) is 1. The Labute approximate surface area is 200 Å². The summed E-state index contributed by atoms with van der Waals surface area (Å²) in [5, 5.41) is 0.875. The van der Waals surface area contributed by atoms with Gasteiger partial charge in [0, 0.05) is 36.1 Å². The number of amides is 1. The third kappa shape index (κ3) is 4.94. The number of H-pyrrole nitrogens is 1. The second-order valence-corrected chi connectivity index (χ2v) is 9.08. The number of fused-ring (bicyclic) bond motifs is 2. The number of benzene rings is 2. The van der Waals surface area contributed by atoms with Crippen LogP contribution in [0.3, 0.4) is 0 Å². The van der Waals surface area contributed by atoms with Crippen molar-refractivity contribution in [2.24, 2.45) is 5.92 Å². The zero-order chi connectivity index (χ0) is 24.2. The highest BCUT2D eigenvalue weighted by Gasteiger charge is 2.29. The highest BCUT2D eigenvalue weighted by molar-refractivity contribution is 6.00. The average molecular weight is 464 g/mol. The summed E-state index contributed by atoms with van der Waals surface area (Å²) in [5.41, 5.74) is 4.21. The van der Waals surface area contributed by atoms with E-state index in [4.69, 9.17) is 9.47 Å². The number of aryl methyl sites for hydroxylation is 1. The normalized spacial score (nSPS) is 15.4. The SMILES string of the molecule is CCOC(=O)c1[nH]c2ccc(OC)cc2c1CCC(=O)N1CC(CN(C)C)Cc2ccccc21. The fourth-order valence-electron chi connectivity index (χ4n) is 4.91. The van der Waals surface area contributed by atoms with Gasteiger partial charge in [0.2, 0.25) is 5.91 Å². The summed E-state index contributed by atoms with van der Waals surface area (Å²) in [7, 11) is 5.74. The number of carbonyl (C=O) groups excluding carboxylic acids is 2. The van der Waals surface area contributed by atoms with E-state index >= 15 is 0 Å². The standard InChI is InChI=1S/C27H33N3O4/c1-5-34-27(32)26-21(22-15-20(33-4)10-12-23(22)28-26)11-13-25(31)30-17-18(16-29(2)3)14-19-8-6-7-9-24(19)30/h6-10,12,15,18,28H,5,11,13-14,16-17H2,1-4H3. The number of para-hydroxylation sites is 1. The van der Waals surface area contributed by atoms with Crippen LogP contribution < -0.4 is 9.64 Å². The first-order valence-electron chi connectivity index (χ1n) is 11.8. The summed E-state index contributed by atoms with van der Waals surface area (Å²) in [4.78, 5) is 33.5. The molecule has 0 aliphatic carbocycles. The Kier molecular flexibility index (Phi) is 7.22. The largest absolute Gasteiger partial charge is 0.497 e. The molecule has 180 valence electrons. The maximum atomic E-state index is 13.5. The fraction of sp³-hybridized carbons (Fsp3) is 0.407. The fourth-order valence-corrected chi connectivity index (χ4v) is 4.91. The Bertz CT molecular complexity index is 1180. The molecule has 1 atom stereocenters. The molecule has 1 aliphatic heterocycles. The molecule has 1 N–H and O–H groups in total. The number of rotatable bonds is 8. The number of esters is 1. The lowest BCUT2D eigenvalue weighted by molar-refractivity contribution is -0.118. The molecule has 1 unspecified atom stereocenters.